The van der Waals surface area contributed by atoms with Crippen molar-refractivity contribution in [1.29, 1.82) is 0 Å². The molecule has 0 bridgehead atoms. The van der Waals surface area contributed by atoms with Crippen molar-refractivity contribution in [2.45, 2.75) is 0 Å². The van der Waals surface area contributed by atoms with E-state index >= 15 is 0 Å². The lowest BCUT2D eigenvalue weighted by molar-refractivity contribution is 1.23. The summed E-state index contributed by atoms with van der Waals surface area (Å²) in [4.78, 5) is 8.52. The number of rotatable bonds is 0. The second-order valence-corrected chi connectivity index (χ2v) is 3.47. The van der Waals surface area contributed by atoms with Gasteiger partial charge in [0, 0.05) is 12.4 Å². The summed E-state index contributed by atoms with van der Waals surface area (Å²) in [5.41, 5.74) is 2.59. The zero-order valence-electron chi connectivity index (χ0n) is 7.18. The van der Waals surface area contributed by atoms with Crippen molar-refractivity contribution in [2.75, 3.05) is 0 Å². The van der Waals surface area contributed by atoms with Gasteiger partial charge in [0.15, 0.2) is 5.65 Å². The van der Waals surface area contributed by atoms with E-state index < -0.39 is 0 Å². The van der Waals surface area contributed by atoms with E-state index in [9.17, 15) is 0 Å². The van der Waals surface area contributed by atoms with E-state index in [1.807, 2.05) is 34.9 Å². The fourth-order valence-corrected chi connectivity index (χ4v) is 1.68. The first kappa shape index (κ1) is 7.76. The van der Waals surface area contributed by atoms with Crippen LogP contribution in [0.5, 0.6) is 0 Å². The van der Waals surface area contributed by atoms with E-state index in [0.29, 0.717) is 5.02 Å². The number of hydrogen-bond donors (Lipinski definition) is 0. The summed E-state index contributed by atoms with van der Waals surface area (Å²) in [7, 11) is 0. The molecule has 4 heteroatoms. The minimum absolute atomic E-state index is 0.695. The van der Waals surface area contributed by atoms with E-state index in [2.05, 4.69) is 9.97 Å². The lowest BCUT2D eigenvalue weighted by atomic mass is 10.4. The molecule has 3 heterocycles. The quantitative estimate of drug-likeness (QED) is 0.562. The summed E-state index contributed by atoms with van der Waals surface area (Å²) in [6.07, 6.45) is 3.57. The van der Waals surface area contributed by atoms with Crippen molar-refractivity contribution in [3.63, 3.8) is 0 Å². The average Bonchev–Trinajstić information content (AvgIpc) is 2.56. The van der Waals surface area contributed by atoms with E-state index in [1.165, 1.54) is 0 Å². The van der Waals surface area contributed by atoms with E-state index in [1.54, 1.807) is 6.20 Å². The SMILES string of the molecule is Clc1ccc2nc3ncccc3n2c1. The van der Waals surface area contributed by atoms with Crippen LogP contribution in [0, 0.1) is 0 Å². The third-order valence-electron chi connectivity index (χ3n) is 2.14. The van der Waals surface area contributed by atoms with Gasteiger partial charge in [-0.3, -0.25) is 4.40 Å². The molecular formula is C10H6ClN3. The number of halogens is 1. The number of nitrogens with zero attached hydrogens (tertiary/aromatic N) is 3. The van der Waals surface area contributed by atoms with E-state index in [0.717, 1.165) is 16.8 Å². The molecule has 0 saturated carbocycles. The molecule has 0 N–H and O–H groups in total. The van der Waals surface area contributed by atoms with Crippen molar-refractivity contribution in [3.05, 3.63) is 41.7 Å². The monoisotopic (exact) mass is 203 g/mol. The van der Waals surface area contributed by atoms with Crippen LogP contribution < -0.4 is 0 Å². The van der Waals surface area contributed by atoms with Crippen molar-refractivity contribution >= 4 is 28.4 Å². The zero-order valence-corrected chi connectivity index (χ0v) is 7.94. The molecule has 0 aliphatic heterocycles. The van der Waals surface area contributed by atoms with Crippen molar-refractivity contribution in [1.82, 2.24) is 14.4 Å². The first-order valence-corrected chi connectivity index (χ1v) is 4.61. The molecule has 3 aromatic rings. The third-order valence-corrected chi connectivity index (χ3v) is 2.36. The molecule has 0 aliphatic carbocycles. The molecule has 3 rings (SSSR count). The van der Waals surface area contributed by atoms with Gasteiger partial charge < -0.3 is 0 Å². The normalized spacial score (nSPS) is 11.2. The number of fused-ring (bicyclic) bond motifs is 3. The Balaban J connectivity index is 2.58. The molecule has 0 aliphatic rings. The van der Waals surface area contributed by atoms with Crippen LogP contribution in [0.4, 0.5) is 0 Å². The molecule has 0 amide bonds. The van der Waals surface area contributed by atoms with Gasteiger partial charge in [-0.25, -0.2) is 9.97 Å². The molecule has 68 valence electrons. The van der Waals surface area contributed by atoms with Gasteiger partial charge in [-0.05, 0) is 24.3 Å². The number of imidazole rings is 1. The fraction of sp³-hybridized carbons (Fsp3) is 0. The van der Waals surface area contributed by atoms with E-state index in [4.69, 9.17) is 11.6 Å². The van der Waals surface area contributed by atoms with Crippen molar-refractivity contribution in [2.24, 2.45) is 0 Å². The highest BCUT2D eigenvalue weighted by molar-refractivity contribution is 6.30. The predicted molar refractivity (Wildman–Crippen MR) is 55.5 cm³/mol. The van der Waals surface area contributed by atoms with Crippen molar-refractivity contribution in [3.8, 4) is 0 Å². The standard InChI is InChI=1S/C10H6ClN3/c11-7-3-4-9-13-10-8(14(9)6-7)2-1-5-12-10/h1-6H. The Morgan fingerprint density at radius 2 is 2.14 bits per heavy atom. The molecule has 3 aromatic heterocycles. The Labute approximate surface area is 85.0 Å². The average molecular weight is 204 g/mol. The maximum atomic E-state index is 5.91. The van der Waals surface area contributed by atoms with Gasteiger partial charge in [-0.15, -0.1) is 0 Å². The van der Waals surface area contributed by atoms with Crippen LogP contribution in [0.3, 0.4) is 0 Å². The molecule has 0 fully saturated rings. The van der Waals surface area contributed by atoms with Gasteiger partial charge in [0.05, 0.1) is 10.5 Å². The Bertz CT molecular complexity index is 615. The van der Waals surface area contributed by atoms with Crippen molar-refractivity contribution < 1.29 is 0 Å². The van der Waals surface area contributed by atoms with Gasteiger partial charge >= 0.3 is 0 Å². The molecule has 14 heavy (non-hydrogen) atoms. The minimum Gasteiger partial charge on any atom is -0.297 e. The first-order valence-electron chi connectivity index (χ1n) is 4.23. The lowest BCUT2D eigenvalue weighted by Gasteiger charge is -1.94. The highest BCUT2D eigenvalue weighted by Crippen LogP contribution is 2.16. The largest absolute Gasteiger partial charge is 0.297 e. The van der Waals surface area contributed by atoms with Gasteiger partial charge in [0.2, 0.25) is 0 Å². The summed E-state index contributed by atoms with van der Waals surface area (Å²) in [5, 5.41) is 0.695. The Kier molecular flexibility index (Phi) is 1.49. The predicted octanol–water partition coefficient (Wildman–Crippen LogP) is 2.54. The molecule has 3 nitrogen and oxygen atoms in total. The minimum atomic E-state index is 0.695. The van der Waals surface area contributed by atoms with Gasteiger partial charge in [-0.2, -0.15) is 0 Å². The molecule has 0 unspecified atom stereocenters. The maximum Gasteiger partial charge on any atom is 0.178 e. The summed E-state index contributed by atoms with van der Waals surface area (Å²) in [5.74, 6) is 0. The van der Waals surface area contributed by atoms with Crippen LogP contribution in [0.25, 0.3) is 16.8 Å². The smallest absolute Gasteiger partial charge is 0.178 e. The molecule has 0 atom stereocenters. The number of aromatic nitrogens is 3. The maximum absolute atomic E-state index is 5.91. The Morgan fingerprint density at radius 3 is 3.07 bits per heavy atom. The number of pyridine rings is 2. The summed E-state index contributed by atoms with van der Waals surface area (Å²) >= 11 is 5.91. The van der Waals surface area contributed by atoms with Gasteiger partial charge in [0.1, 0.15) is 5.65 Å². The molecule has 0 aromatic carbocycles. The van der Waals surface area contributed by atoms with Gasteiger partial charge in [-0.1, -0.05) is 11.6 Å². The fourth-order valence-electron chi connectivity index (χ4n) is 1.52. The van der Waals surface area contributed by atoms with Gasteiger partial charge in [0.25, 0.3) is 0 Å². The molecule has 0 radical (unpaired) electrons. The van der Waals surface area contributed by atoms with Crippen LogP contribution >= 0.6 is 11.6 Å². The zero-order chi connectivity index (χ0) is 9.54. The Morgan fingerprint density at radius 1 is 1.21 bits per heavy atom. The lowest BCUT2D eigenvalue weighted by Crippen LogP contribution is -1.82. The third kappa shape index (κ3) is 0.992. The second-order valence-electron chi connectivity index (χ2n) is 3.03. The molecule has 0 spiro atoms. The van der Waals surface area contributed by atoms with E-state index in [-0.39, 0.29) is 0 Å². The van der Waals surface area contributed by atoms with Crippen LogP contribution in [0.15, 0.2) is 36.7 Å². The van der Waals surface area contributed by atoms with Crippen LogP contribution in [0.2, 0.25) is 5.02 Å². The summed E-state index contributed by atoms with van der Waals surface area (Å²) < 4.78 is 1.94. The van der Waals surface area contributed by atoms with Crippen LogP contribution in [-0.2, 0) is 0 Å². The summed E-state index contributed by atoms with van der Waals surface area (Å²) in [6.45, 7) is 0. The van der Waals surface area contributed by atoms with Crippen LogP contribution in [-0.4, -0.2) is 14.4 Å². The topological polar surface area (TPSA) is 30.2 Å². The first-order chi connectivity index (χ1) is 6.84. The molecular weight excluding hydrogens is 198 g/mol. The molecule has 0 saturated heterocycles. The highest BCUT2D eigenvalue weighted by atomic mass is 35.5. The van der Waals surface area contributed by atoms with Crippen LogP contribution in [0.1, 0.15) is 0 Å². The second kappa shape index (κ2) is 2.69. The highest BCUT2D eigenvalue weighted by Gasteiger charge is 2.03. The summed E-state index contributed by atoms with van der Waals surface area (Å²) in [6, 6.07) is 7.56. The number of hydrogen-bond acceptors (Lipinski definition) is 2. The Hall–Kier alpha value is -1.61.